The van der Waals surface area contributed by atoms with Crippen LogP contribution in [0.2, 0.25) is 0 Å². The van der Waals surface area contributed by atoms with Crippen LogP contribution in [0.15, 0.2) is 18.2 Å². The van der Waals surface area contributed by atoms with E-state index < -0.39 is 40.6 Å². The lowest BCUT2D eigenvalue weighted by Crippen LogP contribution is -2.16. The monoisotopic (exact) mass is 264 g/mol. The van der Waals surface area contributed by atoms with Crippen LogP contribution in [0.4, 0.5) is 24.5 Å². The van der Waals surface area contributed by atoms with Gasteiger partial charge in [-0.3, -0.25) is 14.9 Å². The second-order valence-corrected chi connectivity index (χ2v) is 3.23. The lowest BCUT2D eigenvalue weighted by molar-refractivity contribution is -0.385. The highest BCUT2D eigenvalue weighted by Crippen LogP contribution is 2.36. The first-order valence-corrected chi connectivity index (χ1v) is 4.53. The standard InChI is InChI=1S/C9H7F3N2O4/c10-9(11,12)6-3-5(14(17)18)1-2-7(6)13-4-8(15)16/h1-3,13H,4H2,(H,15,16). The van der Waals surface area contributed by atoms with Gasteiger partial charge in [-0.1, -0.05) is 0 Å². The SMILES string of the molecule is O=C(O)CNc1ccc([N+](=O)[O-])cc1C(F)(F)F. The number of nitro groups is 1. The molecule has 0 saturated heterocycles. The molecule has 0 unspecified atom stereocenters. The zero-order valence-corrected chi connectivity index (χ0v) is 8.69. The van der Waals surface area contributed by atoms with E-state index in [2.05, 4.69) is 0 Å². The number of nitro benzene ring substituents is 1. The van der Waals surface area contributed by atoms with Crippen molar-refractivity contribution < 1.29 is 28.0 Å². The Balaban J connectivity index is 3.17. The van der Waals surface area contributed by atoms with Crippen LogP contribution in [-0.4, -0.2) is 22.5 Å². The summed E-state index contributed by atoms with van der Waals surface area (Å²) in [6.07, 6.45) is -4.81. The van der Waals surface area contributed by atoms with Gasteiger partial charge in [0.15, 0.2) is 0 Å². The maximum Gasteiger partial charge on any atom is 0.418 e. The predicted molar refractivity (Wildman–Crippen MR) is 54.2 cm³/mol. The summed E-state index contributed by atoms with van der Waals surface area (Å²) in [7, 11) is 0. The smallest absolute Gasteiger partial charge is 0.418 e. The third kappa shape index (κ3) is 3.34. The normalized spacial score (nSPS) is 11.1. The quantitative estimate of drug-likeness (QED) is 0.641. The Morgan fingerprint density at radius 2 is 2.06 bits per heavy atom. The maximum absolute atomic E-state index is 12.6. The molecule has 98 valence electrons. The maximum atomic E-state index is 12.6. The van der Waals surface area contributed by atoms with Crippen LogP contribution in [0.25, 0.3) is 0 Å². The number of alkyl halides is 3. The van der Waals surface area contributed by atoms with E-state index in [0.29, 0.717) is 6.07 Å². The molecule has 1 aromatic carbocycles. The molecule has 0 heterocycles. The van der Waals surface area contributed by atoms with Crippen LogP contribution >= 0.6 is 0 Å². The number of carbonyl (C=O) groups is 1. The molecule has 2 N–H and O–H groups in total. The molecule has 9 heteroatoms. The fraction of sp³-hybridized carbons (Fsp3) is 0.222. The number of hydrogen-bond acceptors (Lipinski definition) is 4. The van der Waals surface area contributed by atoms with Crippen LogP contribution in [0.5, 0.6) is 0 Å². The van der Waals surface area contributed by atoms with Crippen LogP contribution in [0.1, 0.15) is 5.56 Å². The minimum atomic E-state index is -4.81. The van der Waals surface area contributed by atoms with Crippen molar-refractivity contribution in [3.8, 4) is 0 Å². The number of nitrogens with zero attached hydrogens (tertiary/aromatic N) is 1. The predicted octanol–water partition coefficient (Wildman–Crippen LogP) is 2.11. The van der Waals surface area contributed by atoms with Gasteiger partial charge in [-0.2, -0.15) is 13.2 Å². The molecule has 0 aliphatic heterocycles. The highest BCUT2D eigenvalue weighted by Gasteiger charge is 2.35. The Morgan fingerprint density at radius 3 is 2.50 bits per heavy atom. The number of aliphatic carboxylic acids is 1. The van der Waals surface area contributed by atoms with Gasteiger partial charge in [0.1, 0.15) is 6.54 Å². The van der Waals surface area contributed by atoms with Gasteiger partial charge in [0.2, 0.25) is 0 Å². The van der Waals surface area contributed by atoms with E-state index >= 15 is 0 Å². The Bertz CT molecular complexity index is 487. The zero-order chi connectivity index (χ0) is 13.9. The Morgan fingerprint density at radius 1 is 1.44 bits per heavy atom. The molecule has 0 fully saturated rings. The molecule has 0 spiro atoms. The average Bonchev–Trinajstić information content (AvgIpc) is 2.24. The zero-order valence-electron chi connectivity index (χ0n) is 8.69. The van der Waals surface area contributed by atoms with Crippen molar-refractivity contribution in [2.45, 2.75) is 6.18 Å². The molecule has 0 bridgehead atoms. The minimum absolute atomic E-state index is 0.351. The Hall–Kier alpha value is -2.32. The summed E-state index contributed by atoms with van der Waals surface area (Å²) in [5, 5.41) is 20.8. The van der Waals surface area contributed by atoms with Gasteiger partial charge in [0.05, 0.1) is 10.5 Å². The summed E-state index contributed by atoms with van der Waals surface area (Å²) in [5.41, 5.74) is -2.52. The highest BCUT2D eigenvalue weighted by molar-refractivity contribution is 5.73. The molecule has 6 nitrogen and oxygen atoms in total. The van der Waals surface area contributed by atoms with Gasteiger partial charge >= 0.3 is 12.1 Å². The number of nitrogens with one attached hydrogen (secondary N) is 1. The summed E-state index contributed by atoms with van der Waals surface area (Å²) in [5.74, 6) is -1.35. The minimum Gasteiger partial charge on any atom is -0.480 e. The molecule has 0 saturated carbocycles. The molecule has 18 heavy (non-hydrogen) atoms. The molecule has 0 aromatic heterocycles. The van der Waals surface area contributed by atoms with Crippen molar-refractivity contribution >= 4 is 17.3 Å². The van der Waals surface area contributed by atoms with Crippen molar-refractivity contribution in [3.05, 3.63) is 33.9 Å². The van der Waals surface area contributed by atoms with Gasteiger partial charge < -0.3 is 10.4 Å². The average molecular weight is 264 g/mol. The first kappa shape index (κ1) is 13.7. The summed E-state index contributed by atoms with van der Waals surface area (Å²) >= 11 is 0. The lowest BCUT2D eigenvalue weighted by Gasteiger charge is -2.13. The van der Waals surface area contributed by atoms with E-state index in [1.54, 1.807) is 0 Å². The second kappa shape index (κ2) is 4.90. The number of anilines is 1. The fourth-order valence-corrected chi connectivity index (χ4v) is 1.21. The molecule has 1 aromatic rings. The van der Waals surface area contributed by atoms with E-state index in [9.17, 15) is 28.1 Å². The molecular formula is C9H7F3N2O4. The third-order valence-corrected chi connectivity index (χ3v) is 1.95. The fourth-order valence-electron chi connectivity index (χ4n) is 1.21. The van der Waals surface area contributed by atoms with Crippen LogP contribution < -0.4 is 5.32 Å². The van der Waals surface area contributed by atoms with Gasteiger partial charge in [0.25, 0.3) is 5.69 Å². The highest BCUT2D eigenvalue weighted by atomic mass is 19.4. The number of hydrogen-bond donors (Lipinski definition) is 2. The van der Waals surface area contributed by atoms with Gasteiger partial charge in [-0.05, 0) is 6.07 Å². The van der Waals surface area contributed by atoms with Crippen molar-refractivity contribution in [2.24, 2.45) is 0 Å². The summed E-state index contributed by atoms with van der Waals surface area (Å²) in [6.45, 7) is -0.721. The van der Waals surface area contributed by atoms with E-state index in [1.807, 2.05) is 5.32 Å². The topological polar surface area (TPSA) is 92.5 Å². The van der Waals surface area contributed by atoms with Crippen LogP contribution in [0.3, 0.4) is 0 Å². The van der Waals surface area contributed by atoms with Gasteiger partial charge in [-0.15, -0.1) is 0 Å². The van der Waals surface area contributed by atoms with Gasteiger partial charge in [0, 0.05) is 17.8 Å². The lowest BCUT2D eigenvalue weighted by atomic mass is 10.1. The number of rotatable bonds is 4. The summed E-state index contributed by atoms with van der Waals surface area (Å²) in [6, 6.07) is 2.04. The Kier molecular flexibility index (Phi) is 3.74. The summed E-state index contributed by atoms with van der Waals surface area (Å²) in [4.78, 5) is 19.7. The largest absolute Gasteiger partial charge is 0.480 e. The first-order chi connectivity index (χ1) is 8.21. The van der Waals surface area contributed by atoms with E-state index in [1.165, 1.54) is 0 Å². The van der Waals surface area contributed by atoms with Gasteiger partial charge in [-0.25, -0.2) is 0 Å². The van der Waals surface area contributed by atoms with E-state index in [4.69, 9.17) is 5.11 Å². The number of non-ortho nitro benzene ring substituents is 1. The van der Waals surface area contributed by atoms with E-state index in [-0.39, 0.29) is 0 Å². The number of halogens is 3. The Labute approximate surface area is 98.2 Å². The van der Waals surface area contributed by atoms with Crippen LogP contribution in [-0.2, 0) is 11.0 Å². The van der Waals surface area contributed by atoms with Crippen molar-refractivity contribution in [1.29, 1.82) is 0 Å². The number of carboxylic acid groups (broad SMARTS) is 1. The molecule has 0 aliphatic rings. The second-order valence-electron chi connectivity index (χ2n) is 3.23. The summed E-state index contributed by atoms with van der Waals surface area (Å²) < 4.78 is 37.8. The molecule has 0 aliphatic carbocycles. The van der Waals surface area contributed by atoms with E-state index in [0.717, 1.165) is 12.1 Å². The molecule has 0 radical (unpaired) electrons. The van der Waals surface area contributed by atoms with Crippen molar-refractivity contribution in [3.63, 3.8) is 0 Å². The molecular weight excluding hydrogens is 257 g/mol. The number of benzene rings is 1. The van der Waals surface area contributed by atoms with Crippen molar-refractivity contribution in [2.75, 3.05) is 11.9 Å². The van der Waals surface area contributed by atoms with Crippen LogP contribution in [0, 0.1) is 10.1 Å². The third-order valence-electron chi connectivity index (χ3n) is 1.95. The molecule has 0 atom stereocenters. The number of carboxylic acids is 1. The van der Waals surface area contributed by atoms with Crippen molar-refractivity contribution in [1.82, 2.24) is 0 Å². The molecule has 0 amide bonds. The first-order valence-electron chi connectivity index (χ1n) is 4.53. The molecule has 1 rings (SSSR count).